The Morgan fingerprint density at radius 2 is 1.88 bits per heavy atom. The number of aliphatic hydroxyl groups is 2. The van der Waals surface area contributed by atoms with E-state index < -0.39 is 40.0 Å². The molecule has 1 aromatic heterocycles. The summed E-state index contributed by atoms with van der Waals surface area (Å²) in [5.74, 6) is -1.22. The van der Waals surface area contributed by atoms with Gasteiger partial charge in [0.15, 0.2) is 17.7 Å². The van der Waals surface area contributed by atoms with E-state index in [-0.39, 0.29) is 11.7 Å². The van der Waals surface area contributed by atoms with Crippen LogP contribution in [0.2, 0.25) is 0 Å². The summed E-state index contributed by atoms with van der Waals surface area (Å²) >= 11 is 3.85. The predicted molar refractivity (Wildman–Crippen MR) is 130 cm³/mol. The maximum Gasteiger partial charge on any atom is 0.195 e. The first kappa shape index (κ1) is 21.7. The molecule has 6 nitrogen and oxygen atoms in total. The minimum Gasteiger partial charge on any atom is -0.390 e. The molecule has 0 radical (unpaired) electrons. The van der Waals surface area contributed by atoms with Gasteiger partial charge in [-0.2, -0.15) is 0 Å². The summed E-state index contributed by atoms with van der Waals surface area (Å²) in [7, 11) is 0. The minimum absolute atomic E-state index is 0.162. The maximum absolute atomic E-state index is 13.1. The average molecular weight is 528 g/mol. The molecule has 0 unspecified atom stereocenters. The largest absolute Gasteiger partial charge is 0.390 e. The highest BCUT2D eigenvalue weighted by molar-refractivity contribution is 9.08. The summed E-state index contributed by atoms with van der Waals surface area (Å²) in [6, 6.07) is 8.35. The predicted octanol–water partition coefficient (Wildman–Crippen LogP) is 3.92. The van der Waals surface area contributed by atoms with E-state index in [1.165, 1.54) is 17.0 Å². The molecule has 180 valence electrons. The lowest BCUT2D eigenvalue weighted by molar-refractivity contribution is -0.274. The molecule has 2 saturated carbocycles. The first-order valence-corrected chi connectivity index (χ1v) is 13.0. The van der Waals surface area contributed by atoms with Crippen molar-refractivity contribution in [2.75, 3.05) is 0 Å². The van der Waals surface area contributed by atoms with Crippen molar-refractivity contribution in [1.29, 1.82) is 0 Å². The summed E-state index contributed by atoms with van der Waals surface area (Å²) in [6.07, 6.45) is 2.21. The molecule has 34 heavy (non-hydrogen) atoms. The van der Waals surface area contributed by atoms with Crippen LogP contribution in [0.1, 0.15) is 58.2 Å². The van der Waals surface area contributed by atoms with Gasteiger partial charge in [0.25, 0.3) is 0 Å². The van der Waals surface area contributed by atoms with Crippen molar-refractivity contribution in [1.82, 2.24) is 3.59 Å². The molecule has 7 heteroatoms. The number of fused-ring (bicyclic) bond motifs is 9. The van der Waals surface area contributed by atoms with Crippen molar-refractivity contribution in [3.8, 4) is 0 Å². The third-order valence-electron chi connectivity index (χ3n) is 10.3. The standard InChI is InChI=1S/C27H30BrNO5/c1-23(2)22-18(30)13-19-26(33-22,34-23)10-9-24(3)25(4)14(12-20(31)27(19,24)32)11-16-15-7-5-6-8-17(15)29(28)21(16)25/h5-8,13-14,20,22,31-32H,9-12H2,1-4H3/t14-,20+,22+,24-,25-,26+,27+/m1/s1. The summed E-state index contributed by atoms with van der Waals surface area (Å²) in [6.45, 7) is 8.05. The number of ether oxygens (including phenoxy) is 2. The number of hydrogen-bond donors (Lipinski definition) is 2. The molecule has 2 aromatic rings. The fraction of sp³-hybridized carbons (Fsp3) is 0.593. The van der Waals surface area contributed by atoms with Gasteiger partial charge in [-0.25, -0.2) is 0 Å². The Hall–Kier alpha value is -1.51. The number of para-hydroxylation sites is 1. The minimum atomic E-state index is -1.66. The van der Waals surface area contributed by atoms with Crippen LogP contribution in [-0.2, 0) is 26.1 Å². The van der Waals surface area contributed by atoms with Gasteiger partial charge in [0.05, 0.1) is 27.8 Å². The van der Waals surface area contributed by atoms with E-state index in [9.17, 15) is 15.0 Å². The van der Waals surface area contributed by atoms with E-state index in [1.54, 1.807) is 0 Å². The topological polar surface area (TPSA) is 80.9 Å². The van der Waals surface area contributed by atoms with Crippen molar-refractivity contribution >= 4 is 32.8 Å². The number of aromatic nitrogens is 1. The molecule has 2 bridgehead atoms. The molecule has 3 aliphatic carbocycles. The highest BCUT2D eigenvalue weighted by Gasteiger charge is 2.77. The van der Waals surface area contributed by atoms with E-state index in [1.807, 2.05) is 19.9 Å². The number of benzene rings is 1. The number of ketones is 1. The molecule has 1 aromatic carbocycles. The van der Waals surface area contributed by atoms with Gasteiger partial charge in [-0.1, -0.05) is 32.0 Å². The lowest BCUT2D eigenvalue weighted by Gasteiger charge is -2.67. The summed E-state index contributed by atoms with van der Waals surface area (Å²) in [5.41, 5.74) is 0.289. The fourth-order valence-electron chi connectivity index (χ4n) is 8.54. The molecule has 2 N–H and O–H groups in total. The molecule has 1 spiro atoms. The van der Waals surface area contributed by atoms with E-state index >= 15 is 0 Å². The van der Waals surface area contributed by atoms with Gasteiger partial charge < -0.3 is 19.7 Å². The molecule has 5 aliphatic rings. The Bertz CT molecular complexity index is 1330. The van der Waals surface area contributed by atoms with Gasteiger partial charge in [-0.15, -0.1) is 0 Å². The van der Waals surface area contributed by atoms with Crippen molar-refractivity contribution in [3.63, 3.8) is 0 Å². The van der Waals surface area contributed by atoms with Crippen LogP contribution < -0.4 is 0 Å². The first-order valence-electron chi connectivity index (χ1n) is 12.2. The third-order valence-corrected chi connectivity index (χ3v) is 11.1. The van der Waals surface area contributed by atoms with Crippen molar-refractivity contribution in [2.45, 2.75) is 88.0 Å². The van der Waals surface area contributed by atoms with Gasteiger partial charge in [-0.05, 0) is 56.7 Å². The van der Waals surface area contributed by atoms with E-state index in [4.69, 9.17) is 9.47 Å². The molecular formula is C27H30BrNO5. The molecule has 3 heterocycles. The maximum atomic E-state index is 13.1. The first-order chi connectivity index (χ1) is 15.9. The second-order valence-electron chi connectivity index (χ2n) is 12.0. The van der Waals surface area contributed by atoms with Crippen LogP contribution in [0.5, 0.6) is 0 Å². The zero-order valence-corrected chi connectivity index (χ0v) is 21.5. The number of nitrogens with zero attached hydrogens (tertiary/aromatic N) is 1. The molecule has 2 aliphatic heterocycles. The number of rotatable bonds is 0. The van der Waals surface area contributed by atoms with E-state index in [0.717, 1.165) is 17.6 Å². The number of halogens is 1. The molecule has 0 amide bonds. The summed E-state index contributed by atoms with van der Waals surface area (Å²) in [4.78, 5) is 13.1. The Kier molecular flexibility index (Phi) is 3.88. The second kappa shape index (κ2) is 6.06. The van der Waals surface area contributed by atoms with Crippen molar-refractivity contribution < 1.29 is 24.5 Å². The van der Waals surface area contributed by atoms with Crippen LogP contribution >= 0.6 is 16.1 Å². The van der Waals surface area contributed by atoms with E-state index in [0.29, 0.717) is 24.8 Å². The van der Waals surface area contributed by atoms with Crippen LogP contribution in [0.4, 0.5) is 0 Å². The number of hydrogen-bond acceptors (Lipinski definition) is 5. The monoisotopic (exact) mass is 527 g/mol. The summed E-state index contributed by atoms with van der Waals surface area (Å²) in [5, 5.41) is 25.5. The quantitative estimate of drug-likeness (QED) is 0.542. The second-order valence-corrected chi connectivity index (χ2v) is 12.7. The zero-order valence-electron chi connectivity index (χ0n) is 19.9. The fourth-order valence-corrected chi connectivity index (χ4v) is 9.43. The molecule has 7 rings (SSSR count). The van der Waals surface area contributed by atoms with Crippen LogP contribution in [0.25, 0.3) is 10.9 Å². The highest BCUT2D eigenvalue weighted by atomic mass is 79.9. The Labute approximate surface area is 207 Å². The van der Waals surface area contributed by atoms with Crippen LogP contribution in [0.15, 0.2) is 35.9 Å². The van der Waals surface area contributed by atoms with Crippen LogP contribution in [-0.4, -0.2) is 48.8 Å². The van der Waals surface area contributed by atoms with Crippen molar-refractivity contribution in [3.05, 3.63) is 47.2 Å². The van der Waals surface area contributed by atoms with Gasteiger partial charge in [0.2, 0.25) is 0 Å². The van der Waals surface area contributed by atoms with Gasteiger partial charge in [0, 0.05) is 33.9 Å². The third kappa shape index (κ3) is 2.06. The number of carbonyl (C=O) groups excluding carboxylic acids is 1. The lowest BCUT2D eigenvalue weighted by Crippen LogP contribution is -2.74. The van der Waals surface area contributed by atoms with Gasteiger partial charge in [0.1, 0.15) is 11.2 Å². The summed E-state index contributed by atoms with van der Waals surface area (Å²) < 4.78 is 14.8. The molecular weight excluding hydrogens is 498 g/mol. The molecule has 7 atom stereocenters. The number of aliphatic hydroxyl groups excluding tert-OH is 1. The highest BCUT2D eigenvalue weighted by Crippen LogP contribution is 2.72. The average Bonchev–Trinajstić information content (AvgIpc) is 3.33. The van der Waals surface area contributed by atoms with E-state index in [2.05, 4.69) is 51.8 Å². The SMILES string of the molecule is CC1(C)O[C@@]23CC[C@]4(C)[C@@]5(C)c6c(c7ccccc7n6Br)C[C@@H]5C[C@H](O)[C@@]4(O)C2=CC(=O)[C@@H]1O3. The zero-order chi connectivity index (χ0) is 24.1. The van der Waals surface area contributed by atoms with Crippen LogP contribution in [0.3, 0.4) is 0 Å². The van der Waals surface area contributed by atoms with Gasteiger partial charge in [-0.3, -0.25) is 8.39 Å². The number of carbonyl (C=O) groups is 1. The molecule has 1 saturated heterocycles. The Morgan fingerprint density at radius 3 is 2.65 bits per heavy atom. The smallest absolute Gasteiger partial charge is 0.195 e. The molecule has 3 fully saturated rings. The Morgan fingerprint density at radius 1 is 1.15 bits per heavy atom. The van der Waals surface area contributed by atoms with Crippen molar-refractivity contribution in [2.24, 2.45) is 11.3 Å². The van der Waals surface area contributed by atoms with Gasteiger partial charge >= 0.3 is 0 Å². The normalized spacial score (nSPS) is 46.0. The lowest BCUT2D eigenvalue weighted by atomic mass is 9.41. The Balaban J connectivity index is 1.48. The van der Waals surface area contributed by atoms with Crippen LogP contribution in [0, 0.1) is 11.3 Å².